The average Bonchev–Trinajstić information content (AvgIpc) is 3.31. The number of hydrogen-bond donors (Lipinski definition) is 2. The lowest BCUT2D eigenvalue weighted by Gasteiger charge is -2.25. The van der Waals surface area contributed by atoms with Crippen molar-refractivity contribution in [2.75, 3.05) is 17.7 Å². The molecule has 0 unspecified atom stereocenters. The fraction of sp³-hybridized carbons (Fsp3) is 0.156. The Hall–Kier alpha value is -5.12. The molecule has 4 aromatic carbocycles. The number of benzene rings is 4. The van der Waals surface area contributed by atoms with Gasteiger partial charge in [-0.15, -0.1) is 0 Å². The maximum Gasteiger partial charge on any atom is 0.416 e. The number of carbonyl (C=O) groups is 3. The van der Waals surface area contributed by atoms with E-state index in [0.29, 0.717) is 17.7 Å². The van der Waals surface area contributed by atoms with Crippen LogP contribution in [-0.4, -0.2) is 36.0 Å². The van der Waals surface area contributed by atoms with Crippen molar-refractivity contribution in [3.05, 3.63) is 119 Å². The molecular weight excluding hydrogens is 547 g/mol. The van der Waals surface area contributed by atoms with Crippen molar-refractivity contribution in [2.45, 2.75) is 25.2 Å². The van der Waals surface area contributed by atoms with Crippen molar-refractivity contribution in [1.82, 2.24) is 4.90 Å². The van der Waals surface area contributed by atoms with E-state index in [1.165, 1.54) is 24.1 Å². The molecule has 0 radical (unpaired) electrons. The second-order valence-electron chi connectivity index (χ2n) is 9.77. The fourth-order valence-corrected chi connectivity index (χ4v) is 4.88. The highest BCUT2D eigenvalue weighted by Crippen LogP contribution is 2.32. The van der Waals surface area contributed by atoms with Crippen LogP contribution in [0.4, 0.5) is 29.3 Å². The van der Waals surface area contributed by atoms with Crippen molar-refractivity contribution in [1.29, 1.82) is 0 Å². The van der Waals surface area contributed by atoms with Gasteiger partial charge in [-0.25, -0.2) is 9.59 Å². The largest absolute Gasteiger partial charge is 0.467 e. The Bertz CT molecular complexity index is 1620. The summed E-state index contributed by atoms with van der Waals surface area (Å²) < 4.78 is 43.8. The molecule has 1 atom stereocenters. The van der Waals surface area contributed by atoms with Crippen LogP contribution in [0.25, 0.3) is 11.1 Å². The van der Waals surface area contributed by atoms with Crippen LogP contribution in [0.2, 0.25) is 0 Å². The van der Waals surface area contributed by atoms with Crippen LogP contribution in [-0.2, 0) is 28.7 Å². The van der Waals surface area contributed by atoms with E-state index in [-0.39, 0.29) is 18.1 Å². The number of fused-ring (bicyclic) bond motifs is 1. The highest BCUT2D eigenvalue weighted by atomic mass is 19.4. The van der Waals surface area contributed by atoms with Crippen LogP contribution in [0.15, 0.2) is 97.1 Å². The van der Waals surface area contributed by atoms with Crippen molar-refractivity contribution >= 4 is 29.3 Å². The number of nitrogens with zero attached hydrogens (tertiary/aromatic N) is 1. The number of hydrogen-bond acceptors (Lipinski definition) is 4. The first-order valence-corrected chi connectivity index (χ1v) is 13.0. The van der Waals surface area contributed by atoms with Crippen LogP contribution >= 0.6 is 0 Å². The van der Waals surface area contributed by atoms with Crippen LogP contribution < -0.4 is 10.6 Å². The Labute approximate surface area is 239 Å². The maximum atomic E-state index is 13.3. The van der Waals surface area contributed by atoms with Gasteiger partial charge in [-0.2, -0.15) is 13.2 Å². The number of rotatable bonds is 7. The van der Waals surface area contributed by atoms with Gasteiger partial charge in [0.15, 0.2) is 0 Å². The van der Waals surface area contributed by atoms with Crippen molar-refractivity contribution in [2.24, 2.45) is 0 Å². The molecule has 0 fully saturated rings. The van der Waals surface area contributed by atoms with Gasteiger partial charge in [-0.05, 0) is 64.7 Å². The number of alkyl halides is 3. The molecule has 0 aromatic heterocycles. The minimum atomic E-state index is -4.52. The van der Waals surface area contributed by atoms with Gasteiger partial charge in [-0.1, -0.05) is 54.6 Å². The highest BCUT2D eigenvalue weighted by molar-refractivity contribution is 6.01. The van der Waals surface area contributed by atoms with Crippen molar-refractivity contribution in [3.8, 4) is 11.1 Å². The molecular formula is C32H26F3N3O4. The molecule has 1 heterocycles. The fourth-order valence-electron chi connectivity index (χ4n) is 4.88. The number of carbonyl (C=O) groups excluding carboxylic acids is 3. The first kappa shape index (κ1) is 28.4. The summed E-state index contributed by atoms with van der Waals surface area (Å²) in [5.41, 5.74) is 3.46. The number of halogens is 3. The monoisotopic (exact) mass is 573 g/mol. The second kappa shape index (κ2) is 11.8. The van der Waals surface area contributed by atoms with E-state index in [1.54, 1.807) is 30.3 Å². The Balaban J connectivity index is 1.27. The predicted octanol–water partition coefficient (Wildman–Crippen LogP) is 6.76. The smallest absolute Gasteiger partial charge is 0.416 e. The van der Waals surface area contributed by atoms with Crippen LogP contribution in [0.3, 0.4) is 0 Å². The molecule has 4 aromatic rings. The van der Waals surface area contributed by atoms with E-state index in [1.807, 2.05) is 42.5 Å². The lowest BCUT2D eigenvalue weighted by molar-refractivity contribution is -0.146. The average molecular weight is 574 g/mol. The first-order valence-electron chi connectivity index (χ1n) is 13.0. The molecule has 42 heavy (non-hydrogen) atoms. The zero-order valence-corrected chi connectivity index (χ0v) is 22.4. The molecule has 7 nitrogen and oxygen atoms in total. The van der Waals surface area contributed by atoms with Gasteiger partial charge in [0.05, 0.1) is 12.7 Å². The number of amides is 3. The zero-order valence-electron chi connectivity index (χ0n) is 22.4. The van der Waals surface area contributed by atoms with Gasteiger partial charge < -0.3 is 20.3 Å². The van der Waals surface area contributed by atoms with Gasteiger partial charge in [0.2, 0.25) is 0 Å². The standard InChI is InChI=1S/C32H26F3N3O4/c1-42-30(40)28(16-20-6-3-2-4-7-20)38-19-23-17-22(12-15-27(23)29(38)39)21-10-13-25(14-11-21)36-31(41)37-26-9-5-8-24(18-26)32(33,34)35/h2-15,17-18,28H,16,19H2,1H3,(H2,36,37,41)/t28-/m0/s1. The minimum absolute atomic E-state index is 0.0129. The summed E-state index contributed by atoms with van der Waals surface area (Å²) in [5.74, 6) is -0.727. The number of methoxy groups -OCH3 is 1. The SMILES string of the molecule is COC(=O)[C@H](Cc1ccccc1)N1Cc2cc(-c3ccc(NC(=O)Nc4cccc(C(F)(F)F)c4)cc3)ccc2C1=O. The summed E-state index contributed by atoms with van der Waals surface area (Å²) in [6, 6.07) is 24.7. The summed E-state index contributed by atoms with van der Waals surface area (Å²) in [6.07, 6.45) is -4.19. The van der Waals surface area contributed by atoms with E-state index < -0.39 is 29.8 Å². The lowest BCUT2D eigenvalue weighted by Crippen LogP contribution is -2.43. The van der Waals surface area contributed by atoms with Crippen LogP contribution in [0.5, 0.6) is 0 Å². The number of esters is 1. The Morgan fingerprint density at radius 1 is 0.857 bits per heavy atom. The highest BCUT2D eigenvalue weighted by Gasteiger charge is 2.37. The number of nitrogens with one attached hydrogen (secondary N) is 2. The van der Waals surface area contributed by atoms with Crippen LogP contribution in [0, 0.1) is 0 Å². The van der Waals surface area contributed by atoms with Gasteiger partial charge in [0.25, 0.3) is 5.91 Å². The first-order chi connectivity index (χ1) is 20.1. The van der Waals surface area contributed by atoms with Crippen molar-refractivity contribution < 1.29 is 32.3 Å². The summed E-state index contributed by atoms with van der Waals surface area (Å²) in [6.45, 7) is 0.254. The molecule has 5 rings (SSSR count). The number of ether oxygens (including phenoxy) is 1. The zero-order chi connectivity index (χ0) is 29.9. The molecule has 3 amide bonds. The summed E-state index contributed by atoms with van der Waals surface area (Å²) in [5, 5.41) is 5.01. The maximum absolute atomic E-state index is 13.3. The second-order valence-corrected chi connectivity index (χ2v) is 9.77. The molecule has 0 saturated heterocycles. The van der Waals surface area contributed by atoms with E-state index in [9.17, 15) is 27.6 Å². The quantitative estimate of drug-likeness (QED) is 0.239. The van der Waals surface area contributed by atoms with Gasteiger partial charge in [-0.3, -0.25) is 4.79 Å². The molecule has 0 saturated carbocycles. The predicted molar refractivity (Wildman–Crippen MR) is 152 cm³/mol. The van der Waals surface area contributed by atoms with Crippen LogP contribution in [0.1, 0.15) is 27.0 Å². The Morgan fingerprint density at radius 3 is 2.24 bits per heavy atom. The van der Waals surface area contributed by atoms with E-state index in [2.05, 4.69) is 10.6 Å². The van der Waals surface area contributed by atoms with Gasteiger partial charge in [0.1, 0.15) is 6.04 Å². The number of anilines is 2. The topological polar surface area (TPSA) is 87.7 Å². The van der Waals surface area contributed by atoms with Gasteiger partial charge >= 0.3 is 18.2 Å². The van der Waals surface area contributed by atoms with E-state index in [0.717, 1.165) is 34.4 Å². The molecule has 10 heteroatoms. The summed E-state index contributed by atoms with van der Waals surface area (Å²) in [4.78, 5) is 39.8. The molecule has 0 spiro atoms. The molecule has 214 valence electrons. The van der Waals surface area contributed by atoms with E-state index in [4.69, 9.17) is 4.74 Å². The summed E-state index contributed by atoms with van der Waals surface area (Å²) >= 11 is 0. The number of urea groups is 1. The normalized spacial score (nSPS) is 13.3. The molecule has 1 aliphatic heterocycles. The molecule has 0 aliphatic carbocycles. The van der Waals surface area contributed by atoms with E-state index >= 15 is 0 Å². The molecule has 0 bridgehead atoms. The Morgan fingerprint density at radius 2 is 1.55 bits per heavy atom. The molecule has 1 aliphatic rings. The Kier molecular flexibility index (Phi) is 7.97. The summed E-state index contributed by atoms with van der Waals surface area (Å²) in [7, 11) is 1.31. The third-order valence-corrected chi connectivity index (χ3v) is 6.98. The third kappa shape index (κ3) is 6.27. The van der Waals surface area contributed by atoms with Crippen molar-refractivity contribution in [3.63, 3.8) is 0 Å². The molecule has 2 N–H and O–H groups in total. The third-order valence-electron chi connectivity index (χ3n) is 6.98. The van der Waals surface area contributed by atoms with Gasteiger partial charge in [0, 0.05) is 29.9 Å². The lowest BCUT2D eigenvalue weighted by atomic mass is 10.0. The minimum Gasteiger partial charge on any atom is -0.467 e.